The molecule has 23 heavy (non-hydrogen) atoms. The van der Waals surface area contributed by atoms with Gasteiger partial charge in [0.25, 0.3) is 5.88 Å². The Morgan fingerprint density at radius 1 is 1.26 bits per heavy atom. The van der Waals surface area contributed by atoms with Crippen molar-refractivity contribution in [3.05, 3.63) is 35.7 Å². The molecule has 0 atom stereocenters. The van der Waals surface area contributed by atoms with Gasteiger partial charge in [-0.25, -0.2) is 9.78 Å². The highest BCUT2D eigenvalue weighted by Gasteiger charge is 2.15. The number of ether oxygens (including phenoxy) is 3. The summed E-state index contributed by atoms with van der Waals surface area (Å²) in [4.78, 5) is 20.6. The van der Waals surface area contributed by atoms with Crippen LogP contribution in [0, 0.1) is 0 Å². The van der Waals surface area contributed by atoms with Crippen LogP contribution < -0.4 is 9.47 Å². The molecule has 0 aromatic carbocycles. The van der Waals surface area contributed by atoms with Gasteiger partial charge in [-0.3, -0.25) is 4.98 Å². The van der Waals surface area contributed by atoms with Crippen LogP contribution in [0.3, 0.4) is 0 Å². The maximum atomic E-state index is 11.9. The van der Waals surface area contributed by atoms with Gasteiger partial charge in [-0.15, -0.1) is 0 Å². The summed E-state index contributed by atoms with van der Waals surface area (Å²) < 4.78 is 15.4. The zero-order chi connectivity index (χ0) is 16.8. The van der Waals surface area contributed by atoms with Crippen LogP contribution in [0.2, 0.25) is 0 Å². The number of aromatic nitrogens is 2. The van der Waals surface area contributed by atoms with E-state index in [1.165, 1.54) is 7.11 Å². The minimum Gasteiger partial charge on any atom is -0.491 e. The fourth-order valence-corrected chi connectivity index (χ4v) is 2.46. The number of pyridine rings is 2. The molecule has 0 saturated carbocycles. The molecule has 2 heterocycles. The van der Waals surface area contributed by atoms with Crippen molar-refractivity contribution in [2.24, 2.45) is 0 Å². The van der Waals surface area contributed by atoms with E-state index < -0.39 is 0 Å². The smallest absolute Gasteiger partial charge is 0.340 e. The predicted octanol–water partition coefficient (Wildman–Crippen LogP) is 3.23. The van der Waals surface area contributed by atoms with Crippen molar-refractivity contribution in [1.29, 1.82) is 0 Å². The van der Waals surface area contributed by atoms with Gasteiger partial charge in [-0.2, -0.15) is 0 Å². The lowest BCUT2D eigenvalue weighted by Crippen LogP contribution is -2.09. The molecular weight excluding hydrogens is 364 g/mol. The van der Waals surface area contributed by atoms with Crippen molar-refractivity contribution >= 4 is 21.9 Å². The SMILES string of the molecule is CCOC(=O)c1ccc(-c2cnc(OC)c(OC)c2)nc1CBr. The fraction of sp³-hybridized carbons (Fsp3) is 0.312. The van der Waals surface area contributed by atoms with Crippen LogP contribution in [0.5, 0.6) is 11.6 Å². The van der Waals surface area contributed by atoms with Crippen LogP contribution in [0.4, 0.5) is 0 Å². The van der Waals surface area contributed by atoms with Gasteiger partial charge in [0.15, 0.2) is 5.75 Å². The Kier molecular flexibility index (Phi) is 5.92. The molecule has 0 aliphatic rings. The van der Waals surface area contributed by atoms with E-state index in [1.54, 1.807) is 38.4 Å². The Labute approximate surface area is 142 Å². The molecule has 6 nitrogen and oxygen atoms in total. The molecule has 0 spiro atoms. The zero-order valence-corrected chi connectivity index (χ0v) is 14.7. The lowest BCUT2D eigenvalue weighted by molar-refractivity contribution is 0.0525. The second kappa shape index (κ2) is 7.92. The first kappa shape index (κ1) is 17.2. The molecule has 0 radical (unpaired) electrons. The van der Waals surface area contributed by atoms with Gasteiger partial charge in [-0.05, 0) is 25.1 Å². The van der Waals surface area contributed by atoms with Crippen molar-refractivity contribution < 1.29 is 19.0 Å². The molecule has 0 aliphatic heterocycles. The van der Waals surface area contributed by atoms with Gasteiger partial charge in [0.1, 0.15) is 0 Å². The minimum atomic E-state index is -0.383. The Hall–Kier alpha value is -2.15. The lowest BCUT2D eigenvalue weighted by atomic mass is 10.1. The molecule has 0 bridgehead atoms. The minimum absolute atomic E-state index is 0.321. The van der Waals surface area contributed by atoms with Crippen molar-refractivity contribution in [3.8, 4) is 22.9 Å². The molecule has 0 saturated heterocycles. The molecule has 0 fully saturated rings. The largest absolute Gasteiger partial charge is 0.491 e. The van der Waals surface area contributed by atoms with Gasteiger partial charge >= 0.3 is 5.97 Å². The van der Waals surface area contributed by atoms with Gasteiger partial charge in [0, 0.05) is 17.1 Å². The van der Waals surface area contributed by atoms with Gasteiger partial charge < -0.3 is 14.2 Å². The molecule has 122 valence electrons. The summed E-state index contributed by atoms with van der Waals surface area (Å²) in [6.07, 6.45) is 1.64. The van der Waals surface area contributed by atoms with Crippen molar-refractivity contribution in [3.63, 3.8) is 0 Å². The summed E-state index contributed by atoms with van der Waals surface area (Å²) in [7, 11) is 3.07. The maximum Gasteiger partial charge on any atom is 0.340 e. The average molecular weight is 381 g/mol. The topological polar surface area (TPSA) is 70.5 Å². The summed E-state index contributed by atoms with van der Waals surface area (Å²) in [5.41, 5.74) is 2.50. The fourth-order valence-electron chi connectivity index (χ4n) is 2.03. The third kappa shape index (κ3) is 3.79. The van der Waals surface area contributed by atoms with E-state index in [2.05, 4.69) is 25.9 Å². The summed E-state index contributed by atoms with van der Waals surface area (Å²) in [5.74, 6) is 0.535. The summed E-state index contributed by atoms with van der Waals surface area (Å²) in [6, 6.07) is 5.24. The summed E-state index contributed by atoms with van der Waals surface area (Å²) >= 11 is 3.35. The molecule has 2 aromatic heterocycles. The number of carbonyl (C=O) groups excluding carboxylic acids is 1. The van der Waals surface area contributed by atoms with Crippen LogP contribution in [-0.4, -0.2) is 36.8 Å². The quantitative estimate of drug-likeness (QED) is 0.565. The number of halogens is 1. The monoisotopic (exact) mass is 380 g/mol. The van der Waals surface area contributed by atoms with Crippen molar-refractivity contribution in [2.75, 3.05) is 20.8 Å². The number of esters is 1. The number of rotatable bonds is 6. The normalized spacial score (nSPS) is 10.3. The Bertz CT molecular complexity index is 706. The molecule has 2 aromatic rings. The Morgan fingerprint density at radius 3 is 2.65 bits per heavy atom. The number of hydrogen-bond donors (Lipinski definition) is 0. The first-order valence-electron chi connectivity index (χ1n) is 6.96. The zero-order valence-electron chi connectivity index (χ0n) is 13.1. The third-order valence-electron chi connectivity index (χ3n) is 3.12. The number of carbonyl (C=O) groups is 1. The molecule has 0 aliphatic carbocycles. The van der Waals surface area contributed by atoms with Crippen LogP contribution in [0.25, 0.3) is 11.3 Å². The van der Waals surface area contributed by atoms with Crippen LogP contribution in [-0.2, 0) is 10.1 Å². The number of hydrogen-bond acceptors (Lipinski definition) is 6. The molecule has 0 unspecified atom stereocenters. The molecular formula is C16H17BrN2O4. The summed E-state index contributed by atoms with van der Waals surface area (Å²) in [6.45, 7) is 2.09. The second-order valence-electron chi connectivity index (χ2n) is 4.48. The first-order valence-corrected chi connectivity index (χ1v) is 8.08. The molecule has 2 rings (SSSR count). The maximum absolute atomic E-state index is 11.9. The van der Waals surface area contributed by atoms with E-state index in [-0.39, 0.29) is 5.97 Å². The van der Waals surface area contributed by atoms with Crippen LogP contribution in [0.1, 0.15) is 23.0 Å². The lowest BCUT2D eigenvalue weighted by Gasteiger charge is -2.10. The first-order chi connectivity index (χ1) is 11.1. The highest BCUT2D eigenvalue weighted by Crippen LogP contribution is 2.29. The van der Waals surface area contributed by atoms with Crippen molar-refractivity contribution in [2.45, 2.75) is 12.3 Å². The van der Waals surface area contributed by atoms with E-state index in [0.29, 0.717) is 40.5 Å². The molecule has 0 N–H and O–H groups in total. The molecule has 7 heteroatoms. The van der Waals surface area contributed by atoms with E-state index in [9.17, 15) is 4.79 Å². The van der Waals surface area contributed by atoms with E-state index in [4.69, 9.17) is 14.2 Å². The highest BCUT2D eigenvalue weighted by atomic mass is 79.9. The average Bonchev–Trinajstić information content (AvgIpc) is 2.60. The number of methoxy groups -OCH3 is 2. The van der Waals surface area contributed by atoms with Gasteiger partial charge in [0.2, 0.25) is 0 Å². The standard InChI is InChI=1S/C16H17BrN2O4/c1-4-23-16(20)11-5-6-12(19-13(11)8-17)10-7-14(21-2)15(22-3)18-9-10/h5-7,9H,4,8H2,1-3H3. The summed E-state index contributed by atoms with van der Waals surface area (Å²) in [5, 5.41) is 0.440. The Balaban J connectivity index is 2.43. The second-order valence-corrected chi connectivity index (χ2v) is 5.04. The van der Waals surface area contributed by atoms with Crippen LogP contribution in [0.15, 0.2) is 24.4 Å². The highest BCUT2D eigenvalue weighted by molar-refractivity contribution is 9.08. The van der Waals surface area contributed by atoms with Gasteiger partial charge in [-0.1, -0.05) is 15.9 Å². The van der Waals surface area contributed by atoms with Crippen molar-refractivity contribution in [1.82, 2.24) is 9.97 Å². The number of nitrogens with zero attached hydrogens (tertiary/aromatic N) is 2. The van der Waals surface area contributed by atoms with E-state index in [0.717, 1.165) is 5.56 Å². The van der Waals surface area contributed by atoms with E-state index in [1.807, 2.05) is 0 Å². The van der Waals surface area contributed by atoms with E-state index >= 15 is 0 Å². The number of alkyl halides is 1. The molecule has 0 amide bonds. The van der Waals surface area contributed by atoms with Crippen LogP contribution >= 0.6 is 15.9 Å². The predicted molar refractivity (Wildman–Crippen MR) is 89.2 cm³/mol. The third-order valence-corrected chi connectivity index (χ3v) is 3.65. The Morgan fingerprint density at radius 2 is 2.04 bits per heavy atom. The van der Waals surface area contributed by atoms with Gasteiger partial charge in [0.05, 0.1) is 37.8 Å².